The molecule has 4 aromatic rings. The largest absolute Gasteiger partial charge is 0.392 e. The molecule has 1 heterocycles. The first kappa shape index (κ1) is 17.2. The molecule has 4 heteroatoms. The Morgan fingerprint density at radius 2 is 1.63 bits per heavy atom. The molecule has 0 aliphatic carbocycles. The van der Waals surface area contributed by atoms with E-state index in [-0.39, 0.29) is 6.61 Å². The lowest BCUT2D eigenvalue weighted by atomic mass is 10.1. The molecule has 0 aliphatic rings. The molecule has 3 aromatic carbocycles. The van der Waals surface area contributed by atoms with E-state index in [1.54, 1.807) is 0 Å². The Hall–Kier alpha value is -3.24. The number of aliphatic imine (C=N–C) groups is 1. The van der Waals surface area contributed by atoms with Crippen molar-refractivity contribution in [3.63, 3.8) is 0 Å². The molecule has 134 valence electrons. The molecule has 0 fully saturated rings. The zero-order valence-corrected chi connectivity index (χ0v) is 15.2. The van der Waals surface area contributed by atoms with Crippen molar-refractivity contribution in [2.45, 2.75) is 20.0 Å². The summed E-state index contributed by atoms with van der Waals surface area (Å²) in [6.07, 6.45) is 2.74. The molecule has 2 N–H and O–H groups in total. The van der Waals surface area contributed by atoms with Crippen LogP contribution in [0, 0.1) is 0 Å². The highest BCUT2D eigenvalue weighted by molar-refractivity contribution is 6.08. The highest BCUT2D eigenvalue weighted by Gasteiger charge is 2.10. The molecule has 4 nitrogen and oxygen atoms in total. The maximum atomic E-state index is 9.63. The van der Waals surface area contributed by atoms with E-state index < -0.39 is 0 Å². The minimum absolute atomic E-state index is 0.0258. The van der Waals surface area contributed by atoms with Gasteiger partial charge in [-0.05, 0) is 42.3 Å². The predicted octanol–water partition coefficient (Wildman–Crippen LogP) is 5.74. The van der Waals surface area contributed by atoms with Crippen LogP contribution in [-0.4, -0.2) is 16.3 Å². The minimum atomic E-state index is -0.0258. The number of pyridine rings is 1. The maximum absolute atomic E-state index is 9.63. The highest BCUT2D eigenvalue weighted by Crippen LogP contribution is 2.34. The van der Waals surface area contributed by atoms with Crippen molar-refractivity contribution in [1.82, 2.24) is 4.98 Å². The lowest BCUT2D eigenvalue weighted by Crippen LogP contribution is -1.96. The van der Waals surface area contributed by atoms with Gasteiger partial charge in [-0.15, -0.1) is 0 Å². The second-order valence-corrected chi connectivity index (χ2v) is 6.41. The number of anilines is 2. The van der Waals surface area contributed by atoms with Crippen LogP contribution in [0.25, 0.3) is 21.8 Å². The number of aliphatic hydroxyl groups excluding tert-OH is 1. The standard InChI is InChI=1S/C23H21N3O/c1-2-11-24-17-12-16(15-27)13-18(14-17)25-23-19-7-3-5-9-21(19)26-22-10-6-4-8-20(22)23/h3-14,27H,2,15H2,1H3,(H,25,26). The first-order valence-corrected chi connectivity index (χ1v) is 9.10. The van der Waals surface area contributed by atoms with Crippen molar-refractivity contribution in [1.29, 1.82) is 0 Å². The number of para-hydroxylation sites is 2. The van der Waals surface area contributed by atoms with Crippen LogP contribution in [-0.2, 0) is 6.61 Å². The first-order valence-electron chi connectivity index (χ1n) is 9.10. The maximum Gasteiger partial charge on any atom is 0.0730 e. The van der Waals surface area contributed by atoms with Gasteiger partial charge in [0.15, 0.2) is 0 Å². The number of nitrogens with one attached hydrogen (secondary N) is 1. The molecule has 0 unspecified atom stereocenters. The summed E-state index contributed by atoms with van der Waals surface area (Å²) >= 11 is 0. The molecule has 0 saturated carbocycles. The van der Waals surface area contributed by atoms with Crippen LogP contribution < -0.4 is 5.32 Å². The Balaban J connectivity index is 1.88. The van der Waals surface area contributed by atoms with Gasteiger partial charge in [0.25, 0.3) is 0 Å². The number of hydrogen-bond acceptors (Lipinski definition) is 4. The van der Waals surface area contributed by atoms with Gasteiger partial charge in [-0.3, -0.25) is 4.99 Å². The number of fused-ring (bicyclic) bond motifs is 2. The Morgan fingerprint density at radius 1 is 0.963 bits per heavy atom. The van der Waals surface area contributed by atoms with E-state index in [4.69, 9.17) is 4.98 Å². The van der Waals surface area contributed by atoms with Gasteiger partial charge in [0.1, 0.15) is 0 Å². The zero-order valence-electron chi connectivity index (χ0n) is 15.2. The van der Waals surface area contributed by atoms with Crippen LogP contribution in [0.2, 0.25) is 0 Å². The summed E-state index contributed by atoms with van der Waals surface area (Å²) in [6.45, 7) is 2.02. The first-order chi connectivity index (χ1) is 13.3. The molecule has 0 amide bonds. The molecule has 0 bridgehead atoms. The topological polar surface area (TPSA) is 57.5 Å². The summed E-state index contributed by atoms with van der Waals surface area (Å²) in [4.78, 5) is 9.24. The van der Waals surface area contributed by atoms with Crippen LogP contribution >= 0.6 is 0 Å². The van der Waals surface area contributed by atoms with E-state index in [2.05, 4.69) is 22.4 Å². The lowest BCUT2D eigenvalue weighted by Gasteiger charge is -2.14. The number of benzene rings is 3. The monoisotopic (exact) mass is 355 g/mol. The van der Waals surface area contributed by atoms with E-state index in [1.165, 1.54) is 0 Å². The summed E-state index contributed by atoms with van der Waals surface area (Å²) in [7, 11) is 0. The SMILES string of the molecule is CCC=Nc1cc(CO)cc(Nc2c3ccccc3nc3ccccc23)c1. The lowest BCUT2D eigenvalue weighted by molar-refractivity contribution is 0.282. The summed E-state index contributed by atoms with van der Waals surface area (Å²) in [5.41, 5.74) is 5.45. The van der Waals surface area contributed by atoms with Crippen LogP contribution in [0.15, 0.2) is 71.7 Å². The quantitative estimate of drug-likeness (QED) is 0.355. The van der Waals surface area contributed by atoms with Gasteiger partial charge in [-0.1, -0.05) is 43.3 Å². The third-order valence-electron chi connectivity index (χ3n) is 4.44. The fraction of sp³-hybridized carbons (Fsp3) is 0.130. The van der Waals surface area contributed by atoms with Crippen molar-refractivity contribution >= 4 is 45.1 Å². The van der Waals surface area contributed by atoms with Crippen LogP contribution in [0.3, 0.4) is 0 Å². The number of aliphatic hydroxyl groups is 1. The second kappa shape index (κ2) is 7.56. The molecule has 0 saturated heterocycles. The van der Waals surface area contributed by atoms with Gasteiger partial charge >= 0.3 is 0 Å². The van der Waals surface area contributed by atoms with Crippen LogP contribution in [0.4, 0.5) is 17.1 Å². The molecular formula is C23H21N3O. The molecule has 1 aromatic heterocycles. The van der Waals surface area contributed by atoms with Gasteiger partial charge in [-0.25, -0.2) is 4.98 Å². The average molecular weight is 355 g/mol. The number of nitrogens with zero attached hydrogens (tertiary/aromatic N) is 2. The minimum Gasteiger partial charge on any atom is -0.392 e. The molecule has 0 radical (unpaired) electrons. The van der Waals surface area contributed by atoms with Crippen molar-refractivity contribution in [3.05, 3.63) is 72.3 Å². The van der Waals surface area contributed by atoms with E-state index in [1.807, 2.05) is 67.7 Å². The zero-order chi connectivity index (χ0) is 18.6. The van der Waals surface area contributed by atoms with Crippen molar-refractivity contribution in [2.75, 3.05) is 5.32 Å². The molecule has 27 heavy (non-hydrogen) atoms. The normalized spacial score (nSPS) is 11.5. The molecule has 0 atom stereocenters. The summed E-state index contributed by atoms with van der Waals surface area (Å²) in [5, 5.41) is 15.3. The van der Waals surface area contributed by atoms with E-state index >= 15 is 0 Å². The fourth-order valence-electron chi connectivity index (χ4n) is 3.23. The summed E-state index contributed by atoms with van der Waals surface area (Å²) in [6, 6.07) is 22.1. The number of rotatable bonds is 5. The van der Waals surface area contributed by atoms with Gasteiger partial charge < -0.3 is 10.4 Å². The third kappa shape index (κ3) is 3.52. The van der Waals surface area contributed by atoms with E-state index in [9.17, 15) is 5.11 Å². The smallest absolute Gasteiger partial charge is 0.0730 e. The third-order valence-corrected chi connectivity index (χ3v) is 4.44. The molecule has 0 spiro atoms. The Bertz CT molecular complexity index is 1080. The van der Waals surface area contributed by atoms with Crippen molar-refractivity contribution < 1.29 is 5.11 Å². The van der Waals surface area contributed by atoms with Gasteiger partial charge in [-0.2, -0.15) is 0 Å². The second-order valence-electron chi connectivity index (χ2n) is 6.41. The fourth-order valence-corrected chi connectivity index (χ4v) is 3.23. The Morgan fingerprint density at radius 3 is 2.26 bits per heavy atom. The van der Waals surface area contributed by atoms with E-state index in [0.29, 0.717) is 0 Å². The van der Waals surface area contributed by atoms with Gasteiger partial charge in [0, 0.05) is 22.7 Å². The van der Waals surface area contributed by atoms with Gasteiger partial charge in [0.05, 0.1) is 29.0 Å². The summed E-state index contributed by atoms with van der Waals surface area (Å²) in [5.74, 6) is 0. The molecular weight excluding hydrogens is 334 g/mol. The average Bonchev–Trinajstić information content (AvgIpc) is 2.72. The van der Waals surface area contributed by atoms with Gasteiger partial charge in [0.2, 0.25) is 0 Å². The van der Waals surface area contributed by atoms with Crippen LogP contribution in [0.1, 0.15) is 18.9 Å². The highest BCUT2D eigenvalue weighted by atomic mass is 16.3. The number of aromatic nitrogens is 1. The van der Waals surface area contributed by atoms with Crippen LogP contribution in [0.5, 0.6) is 0 Å². The van der Waals surface area contributed by atoms with Crippen molar-refractivity contribution in [2.24, 2.45) is 4.99 Å². The Labute approximate surface area is 158 Å². The summed E-state index contributed by atoms with van der Waals surface area (Å²) < 4.78 is 0. The predicted molar refractivity (Wildman–Crippen MR) is 113 cm³/mol. The van der Waals surface area contributed by atoms with Crippen molar-refractivity contribution in [3.8, 4) is 0 Å². The van der Waals surface area contributed by atoms with E-state index in [0.717, 1.165) is 50.9 Å². The molecule has 0 aliphatic heterocycles. The number of hydrogen-bond donors (Lipinski definition) is 2. The Kier molecular flexibility index (Phi) is 4.81. The molecule has 4 rings (SSSR count).